The van der Waals surface area contributed by atoms with Crippen LogP contribution in [0.1, 0.15) is 29.3 Å². The molecule has 3 aromatic rings. The molecular weight excluding hydrogens is 390 g/mol. The van der Waals surface area contributed by atoms with Crippen LogP contribution in [0.15, 0.2) is 71.7 Å². The van der Waals surface area contributed by atoms with Crippen LogP contribution in [0.2, 0.25) is 5.02 Å². The summed E-state index contributed by atoms with van der Waals surface area (Å²) in [5.74, 6) is -0.425. The fraction of sp³-hybridized carbons (Fsp3) is 0.136. The van der Waals surface area contributed by atoms with Gasteiger partial charge in [-0.2, -0.15) is 0 Å². The summed E-state index contributed by atoms with van der Waals surface area (Å²) in [6.45, 7) is 2.04. The summed E-state index contributed by atoms with van der Waals surface area (Å²) in [5, 5.41) is 6.09. The van der Waals surface area contributed by atoms with Crippen molar-refractivity contribution in [3.63, 3.8) is 0 Å². The van der Waals surface area contributed by atoms with Gasteiger partial charge in [-0.15, -0.1) is 0 Å². The molecule has 2 aromatic carbocycles. The molecule has 2 N–H and O–H groups in total. The van der Waals surface area contributed by atoms with E-state index in [9.17, 15) is 14.4 Å². The second kappa shape index (κ2) is 9.21. The number of hydrogen-bond acceptors (Lipinski definition) is 3. The van der Waals surface area contributed by atoms with Gasteiger partial charge < -0.3 is 15.2 Å². The molecule has 0 aliphatic rings. The molecule has 0 spiro atoms. The van der Waals surface area contributed by atoms with E-state index < -0.39 is 0 Å². The van der Waals surface area contributed by atoms with Crippen molar-refractivity contribution in [2.24, 2.45) is 0 Å². The summed E-state index contributed by atoms with van der Waals surface area (Å²) >= 11 is 6.17. The third-order valence-corrected chi connectivity index (χ3v) is 4.66. The smallest absolute Gasteiger partial charge is 0.257 e. The fourth-order valence-corrected chi connectivity index (χ4v) is 2.88. The van der Waals surface area contributed by atoms with E-state index in [4.69, 9.17) is 11.6 Å². The number of nitrogens with one attached hydrogen (secondary N) is 2. The number of aromatic nitrogens is 1. The van der Waals surface area contributed by atoms with E-state index in [-0.39, 0.29) is 23.9 Å². The number of carbonyl (C=O) groups is 2. The highest BCUT2D eigenvalue weighted by Gasteiger charge is 2.10. The van der Waals surface area contributed by atoms with Crippen LogP contribution in [-0.2, 0) is 11.3 Å². The fourth-order valence-electron chi connectivity index (χ4n) is 2.69. The molecule has 0 saturated heterocycles. The zero-order valence-electron chi connectivity index (χ0n) is 15.8. The molecule has 1 heterocycles. The van der Waals surface area contributed by atoms with Crippen molar-refractivity contribution < 1.29 is 9.59 Å². The average Bonchev–Trinajstić information content (AvgIpc) is 2.72. The minimum absolute atomic E-state index is 0.0810. The Labute approximate surface area is 173 Å². The molecule has 0 unspecified atom stereocenters. The number of benzene rings is 2. The van der Waals surface area contributed by atoms with Crippen molar-refractivity contribution in [1.82, 2.24) is 4.57 Å². The van der Waals surface area contributed by atoms with Gasteiger partial charge in [-0.05, 0) is 42.0 Å². The number of amides is 2. The molecule has 3 rings (SSSR count). The number of hydrogen-bond donors (Lipinski definition) is 2. The van der Waals surface area contributed by atoms with Gasteiger partial charge in [-0.25, -0.2) is 0 Å². The first kappa shape index (κ1) is 20.4. The monoisotopic (exact) mass is 409 g/mol. The van der Waals surface area contributed by atoms with Crippen LogP contribution in [0, 0.1) is 0 Å². The lowest BCUT2D eigenvalue weighted by Crippen LogP contribution is -2.22. The van der Waals surface area contributed by atoms with Crippen molar-refractivity contribution in [1.29, 1.82) is 0 Å². The summed E-state index contributed by atoms with van der Waals surface area (Å²) in [6, 6.07) is 16.9. The van der Waals surface area contributed by atoms with Crippen LogP contribution >= 0.6 is 11.6 Å². The van der Waals surface area contributed by atoms with E-state index in [2.05, 4.69) is 10.6 Å². The normalized spacial score (nSPS) is 10.4. The summed E-state index contributed by atoms with van der Waals surface area (Å²) < 4.78 is 1.44. The molecule has 0 atom stereocenters. The van der Waals surface area contributed by atoms with E-state index in [0.717, 1.165) is 5.56 Å². The van der Waals surface area contributed by atoms with E-state index in [1.165, 1.54) is 22.9 Å². The minimum atomic E-state index is -0.344. The molecule has 0 aliphatic carbocycles. The Morgan fingerprint density at radius 2 is 1.59 bits per heavy atom. The maximum atomic E-state index is 12.6. The summed E-state index contributed by atoms with van der Waals surface area (Å²) in [5.41, 5.74) is 2.15. The van der Waals surface area contributed by atoms with Crippen LogP contribution in [0.4, 0.5) is 11.4 Å². The van der Waals surface area contributed by atoms with E-state index in [0.29, 0.717) is 28.4 Å². The number of carbonyl (C=O) groups excluding carboxylic acids is 2. The van der Waals surface area contributed by atoms with E-state index in [1.807, 2.05) is 18.2 Å². The molecule has 0 radical (unpaired) electrons. The maximum absolute atomic E-state index is 12.6. The molecule has 148 valence electrons. The minimum Gasteiger partial charge on any atom is -0.326 e. The van der Waals surface area contributed by atoms with Gasteiger partial charge in [0.25, 0.3) is 11.5 Å². The lowest BCUT2D eigenvalue weighted by molar-refractivity contribution is -0.115. The summed E-state index contributed by atoms with van der Waals surface area (Å²) in [4.78, 5) is 36.2. The number of halogens is 1. The Morgan fingerprint density at radius 3 is 2.24 bits per heavy atom. The molecule has 6 nitrogen and oxygen atoms in total. The van der Waals surface area contributed by atoms with E-state index >= 15 is 0 Å². The zero-order valence-corrected chi connectivity index (χ0v) is 16.6. The molecular formula is C22H20ClN3O3. The van der Waals surface area contributed by atoms with Crippen LogP contribution in [0.3, 0.4) is 0 Å². The first-order valence-corrected chi connectivity index (χ1v) is 9.49. The first-order valence-electron chi connectivity index (χ1n) is 9.11. The largest absolute Gasteiger partial charge is 0.326 e. The van der Waals surface area contributed by atoms with Crippen molar-refractivity contribution in [2.75, 3.05) is 10.6 Å². The van der Waals surface area contributed by atoms with Crippen LogP contribution in [0.25, 0.3) is 0 Å². The molecule has 0 saturated carbocycles. The molecule has 29 heavy (non-hydrogen) atoms. The highest BCUT2D eigenvalue weighted by atomic mass is 35.5. The van der Waals surface area contributed by atoms with Gasteiger partial charge in [0.1, 0.15) is 0 Å². The van der Waals surface area contributed by atoms with Gasteiger partial charge in [0, 0.05) is 35.1 Å². The van der Waals surface area contributed by atoms with Crippen molar-refractivity contribution in [2.45, 2.75) is 19.9 Å². The molecule has 0 bridgehead atoms. The number of anilines is 2. The molecule has 1 aromatic heterocycles. The van der Waals surface area contributed by atoms with Gasteiger partial charge in [0.05, 0.1) is 12.1 Å². The molecule has 0 fully saturated rings. The number of rotatable bonds is 6. The Balaban J connectivity index is 1.73. The van der Waals surface area contributed by atoms with Gasteiger partial charge in [-0.1, -0.05) is 36.7 Å². The van der Waals surface area contributed by atoms with Crippen LogP contribution in [-0.4, -0.2) is 16.4 Å². The topological polar surface area (TPSA) is 80.2 Å². The Morgan fingerprint density at radius 1 is 0.931 bits per heavy atom. The average molecular weight is 410 g/mol. The van der Waals surface area contributed by atoms with Crippen molar-refractivity contribution >= 4 is 34.8 Å². The van der Waals surface area contributed by atoms with Gasteiger partial charge in [-0.3, -0.25) is 14.4 Å². The third-order valence-electron chi connectivity index (χ3n) is 4.29. The van der Waals surface area contributed by atoms with Gasteiger partial charge in [0.2, 0.25) is 5.91 Å². The second-order valence-corrected chi connectivity index (χ2v) is 6.82. The lowest BCUT2D eigenvalue weighted by Gasteiger charge is -2.11. The SMILES string of the molecule is CCC(=O)Nc1ccc(NC(=O)c2ccc(=O)n(Cc3ccccc3Cl)c2)cc1. The second-order valence-electron chi connectivity index (χ2n) is 6.41. The van der Waals surface area contributed by atoms with E-state index in [1.54, 1.807) is 37.3 Å². The predicted octanol–water partition coefficient (Wildman–Crippen LogP) is 4.15. The Kier molecular flexibility index (Phi) is 6.46. The highest BCUT2D eigenvalue weighted by Crippen LogP contribution is 2.17. The highest BCUT2D eigenvalue weighted by molar-refractivity contribution is 6.31. The van der Waals surface area contributed by atoms with Crippen molar-refractivity contribution in [3.8, 4) is 0 Å². The van der Waals surface area contributed by atoms with Gasteiger partial charge in [0.15, 0.2) is 0 Å². The molecule has 0 aliphatic heterocycles. The summed E-state index contributed by atoms with van der Waals surface area (Å²) in [6.07, 6.45) is 1.90. The van der Waals surface area contributed by atoms with Crippen LogP contribution < -0.4 is 16.2 Å². The molecule has 2 amide bonds. The Bertz CT molecular complexity index is 1090. The van der Waals surface area contributed by atoms with Crippen molar-refractivity contribution in [3.05, 3.63) is 93.4 Å². The lowest BCUT2D eigenvalue weighted by atomic mass is 10.2. The predicted molar refractivity (Wildman–Crippen MR) is 115 cm³/mol. The van der Waals surface area contributed by atoms with Gasteiger partial charge >= 0.3 is 0 Å². The maximum Gasteiger partial charge on any atom is 0.257 e. The third kappa shape index (κ3) is 5.33. The molecule has 7 heteroatoms. The standard InChI is InChI=1S/C22H20ClN3O3/c1-2-20(27)24-17-8-10-18(11-9-17)25-22(29)16-7-12-21(28)26(14-16)13-15-5-3-4-6-19(15)23/h3-12,14H,2,13H2,1H3,(H,24,27)(H,25,29). The summed E-state index contributed by atoms with van der Waals surface area (Å²) in [7, 11) is 0. The number of nitrogens with zero attached hydrogens (tertiary/aromatic N) is 1. The quantitative estimate of drug-likeness (QED) is 0.641. The zero-order chi connectivity index (χ0) is 20.8. The Hall–Kier alpha value is -3.38. The van der Waals surface area contributed by atoms with Crippen LogP contribution in [0.5, 0.6) is 0 Å². The first-order chi connectivity index (χ1) is 14.0. The number of pyridine rings is 1.